The second-order valence-electron chi connectivity index (χ2n) is 9.60. The van der Waals surface area contributed by atoms with Crippen LogP contribution in [0, 0.1) is 6.92 Å². The summed E-state index contributed by atoms with van der Waals surface area (Å²) in [5, 5.41) is 11.4. The number of methoxy groups -OCH3 is 2. The number of rotatable bonds is 16. The molecule has 2 amide bonds. The van der Waals surface area contributed by atoms with Gasteiger partial charge in [-0.1, -0.05) is 29.8 Å². The highest BCUT2D eigenvalue weighted by Gasteiger charge is 2.18. The lowest BCUT2D eigenvalue weighted by atomic mass is 10.0. The maximum absolute atomic E-state index is 11.6. The standard InChI is InChI=1S/C29H38N6O5/c1-20-14-21(16-34(10-12-39-2)18-23-6-4-8-25(32-23)28(30)37)27(36)22(15-20)17-35(11-13-40-3)19-24-7-5-9-26(33-24)29(31)38/h4-9,14-15,36H,10-13,16-19H2,1-3H3,(H2,30,37)(H2,31,38). The number of benzene rings is 1. The quantitative estimate of drug-likeness (QED) is 0.243. The molecular formula is C29H38N6O5. The number of nitrogens with two attached hydrogens (primary N) is 2. The summed E-state index contributed by atoms with van der Waals surface area (Å²) in [5.41, 5.74) is 15.1. The van der Waals surface area contributed by atoms with Gasteiger partial charge in [0.25, 0.3) is 11.8 Å². The molecule has 0 fully saturated rings. The van der Waals surface area contributed by atoms with E-state index in [1.807, 2.05) is 31.2 Å². The van der Waals surface area contributed by atoms with Gasteiger partial charge in [0.2, 0.25) is 0 Å². The summed E-state index contributed by atoms with van der Waals surface area (Å²) in [6.07, 6.45) is 0. The van der Waals surface area contributed by atoms with Gasteiger partial charge in [0.1, 0.15) is 17.1 Å². The van der Waals surface area contributed by atoms with E-state index < -0.39 is 11.8 Å². The Morgan fingerprint density at radius 2 is 1.20 bits per heavy atom. The maximum atomic E-state index is 11.6. The molecule has 0 aliphatic carbocycles. The molecule has 0 atom stereocenters. The molecule has 0 saturated heterocycles. The Morgan fingerprint density at radius 1 is 0.775 bits per heavy atom. The number of aromatic nitrogens is 2. The van der Waals surface area contributed by atoms with Gasteiger partial charge in [-0.3, -0.25) is 19.4 Å². The van der Waals surface area contributed by atoms with E-state index in [4.69, 9.17) is 20.9 Å². The van der Waals surface area contributed by atoms with Crippen molar-refractivity contribution in [3.05, 3.63) is 88.0 Å². The lowest BCUT2D eigenvalue weighted by Crippen LogP contribution is -2.29. The number of ether oxygens (including phenoxy) is 2. The minimum Gasteiger partial charge on any atom is -0.507 e. The molecule has 11 heteroatoms. The topological polar surface area (TPSA) is 157 Å². The number of nitrogens with zero attached hydrogens (tertiary/aromatic N) is 4. The number of primary amides is 2. The summed E-state index contributed by atoms with van der Waals surface area (Å²) in [6.45, 7) is 5.88. The smallest absolute Gasteiger partial charge is 0.267 e. The van der Waals surface area contributed by atoms with E-state index in [1.54, 1.807) is 38.5 Å². The third-order valence-electron chi connectivity index (χ3n) is 6.31. The lowest BCUT2D eigenvalue weighted by Gasteiger charge is -2.25. The van der Waals surface area contributed by atoms with Crippen LogP contribution in [0.25, 0.3) is 0 Å². The van der Waals surface area contributed by atoms with Crippen LogP contribution in [0.3, 0.4) is 0 Å². The molecule has 0 saturated carbocycles. The summed E-state index contributed by atoms with van der Waals surface area (Å²) in [6, 6.07) is 14.3. The predicted octanol–water partition coefficient (Wildman–Crippen LogP) is 1.99. The SMILES string of the molecule is COCCN(Cc1cccc(C(N)=O)n1)Cc1cc(C)cc(CN(CCOC)Cc2cccc(C(N)=O)n2)c1O. The van der Waals surface area contributed by atoms with Crippen molar-refractivity contribution >= 4 is 11.8 Å². The maximum Gasteiger partial charge on any atom is 0.267 e. The second-order valence-corrected chi connectivity index (χ2v) is 9.60. The Labute approximate surface area is 234 Å². The predicted molar refractivity (Wildman–Crippen MR) is 150 cm³/mol. The van der Waals surface area contributed by atoms with Crippen molar-refractivity contribution in [1.29, 1.82) is 0 Å². The average molecular weight is 551 g/mol. The molecule has 214 valence electrons. The first-order chi connectivity index (χ1) is 19.2. The number of pyridine rings is 2. The van der Waals surface area contributed by atoms with E-state index >= 15 is 0 Å². The number of phenols is 1. The molecular weight excluding hydrogens is 512 g/mol. The highest BCUT2D eigenvalue weighted by molar-refractivity contribution is 5.91. The molecule has 11 nitrogen and oxygen atoms in total. The molecule has 0 aliphatic rings. The van der Waals surface area contributed by atoms with Crippen LogP contribution in [0.4, 0.5) is 0 Å². The number of aryl methyl sites for hydroxylation is 1. The van der Waals surface area contributed by atoms with Crippen LogP contribution in [0.5, 0.6) is 5.75 Å². The average Bonchev–Trinajstić information content (AvgIpc) is 2.93. The molecule has 0 bridgehead atoms. The van der Waals surface area contributed by atoms with Gasteiger partial charge < -0.3 is 26.0 Å². The normalized spacial score (nSPS) is 11.3. The van der Waals surface area contributed by atoms with Gasteiger partial charge >= 0.3 is 0 Å². The van der Waals surface area contributed by atoms with E-state index in [-0.39, 0.29) is 17.1 Å². The summed E-state index contributed by atoms with van der Waals surface area (Å²) in [4.78, 5) is 36.1. The van der Waals surface area contributed by atoms with E-state index in [0.717, 1.165) is 16.7 Å². The van der Waals surface area contributed by atoms with Gasteiger partial charge in [0.05, 0.1) is 24.6 Å². The molecule has 2 heterocycles. The van der Waals surface area contributed by atoms with Crippen LogP contribution in [-0.2, 0) is 35.7 Å². The fraction of sp³-hybridized carbons (Fsp3) is 0.379. The van der Waals surface area contributed by atoms with Crippen molar-refractivity contribution in [1.82, 2.24) is 19.8 Å². The molecule has 0 radical (unpaired) electrons. The zero-order valence-electron chi connectivity index (χ0n) is 23.3. The highest BCUT2D eigenvalue weighted by atomic mass is 16.5. The molecule has 1 aromatic carbocycles. The van der Waals surface area contributed by atoms with Crippen molar-refractivity contribution in [2.45, 2.75) is 33.1 Å². The van der Waals surface area contributed by atoms with Gasteiger partial charge in [-0.05, 0) is 31.2 Å². The Morgan fingerprint density at radius 3 is 1.57 bits per heavy atom. The Balaban J connectivity index is 1.84. The van der Waals surface area contributed by atoms with Crippen molar-refractivity contribution in [2.24, 2.45) is 11.5 Å². The Bertz CT molecular complexity index is 1210. The largest absolute Gasteiger partial charge is 0.507 e. The summed E-state index contributed by atoms with van der Waals surface area (Å²) >= 11 is 0. The second kappa shape index (κ2) is 15.0. The van der Waals surface area contributed by atoms with Gasteiger partial charge in [0, 0.05) is 64.6 Å². The van der Waals surface area contributed by atoms with Gasteiger partial charge in [-0.25, -0.2) is 9.97 Å². The molecule has 2 aromatic heterocycles. The number of amides is 2. The fourth-order valence-electron chi connectivity index (χ4n) is 4.39. The van der Waals surface area contributed by atoms with Crippen molar-refractivity contribution < 1.29 is 24.2 Å². The summed E-state index contributed by atoms with van der Waals surface area (Å²) < 4.78 is 10.6. The van der Waals surface area contributed by atoms with Crippen LogP contribution < -0.4 is 11.5 Å². The van der Waals surface area contributed by atoms with E-state index in [2.05, 4.69) is 19.8 Å². The number of hydrogen-bond acceptors (Lipinski definition) is 9. The Hall–Kier alpha value is -3.90. The van der Waals surface area contributed by atoms with Crippen molar-refractivity contribution in [3.63, 3.8) is 0 Å². The van der Waals surface area contributed by atoms with Gasteiger partial charge in [-0.2, -0.15) is 0 Å². The first-order valence-corrected chi connectivity index (χ1v) is 13.0. The van der Waals surface area contributed by atoms with Crippen molar-refractivity contribution in [2.75, 3.05) is 40.5 Å². The monoisotopic (exact) mass is 550 g/mol. The third kappa shape index (κ3) is 9.09. The molecule has 3 aromatic rings. The molecule has 0 spiro atoms. The van der Waals surface area contributed by atoms with E-state index in [9.17, 15) is 14.7 Å². The minimum absolute atomic E-state index is 0.202. The number of carbonyl (C=O) groups is 2. The molecule has 0 unspecified atom stereocenters. The number of phenolic OH excluding ortho intramolecular Hbond substituents is 1. The first kappa shape index (κ1) is 30.6. The molecule has 3 rings (SSSR count). The molecule has 0 aliphatic heterocycles. The zero-order valence-corrected chi connectivity index (χ0v) is 23.3. The van der Waals surface area contributed by atoms with Crippen LogP contribution in [0.2, 0.25) is 0 Å². The number of carbonyl (C=O) groups excluding carboxylic acids is 2. The lowest BCUT2D eigenvalue weighted by molar-refractivity contribution is 0.0986. The van der Waals surface area contributed by atoms with E-state index in [1.165, 1.54) is 0 Å². The number of hydrogen-bond donors (Lipinski definition) is 3. The van der Waals surface area contributed by atoms with Crippen LogP contribution in [-0.4, -0.2) is 77.2 Å². The molecule has 40 heavy (non-hydrogen) atoms. The number of aromatic hydroxyl groups is 1. The minimum atomic E-state index is -0.583. The highest BCUT2D eigenvalue weighted by Crippen LogP contribution is 2.28. The van der Waals surface area contributed by atoms with Gasteiger partial charge in [0.15, 0.2) is 0 Å². The van der Waals surface area contributed by atoms with Crippen LogP contribution in [0.15, 0.2) is 48.5 Å². The van der Waals surface area contributed by atoms with Crippen LogP contribution >= 0.6 is 0 Å². The molecule has 5 N–H and O–H groups in total. The summed E-state index contributed by atoms with van der Waals surface area (Å²) in [7, 11) is 3.27. The van der Waals surface area contributed by atoms with Crippen molar-refractivity contribution in [3.8, 4) is 5.75 Å². The van der Waals surface area contributed by atoms with E-state index in [0.29, 0.717) is 63.9 Å². The van der Waals surface area contributed by atoms with Crippen LogP contribution in [0.1, 0.15) is 49.1 Å². The van der Waals surface area contributed by atoms with Gasteiger partial charge in [-0.15, -0.1) is 0 Å². The fourth-order valence-corrected chi connectivity index (χ4v) is 4.39. The first-order valence-electron chi connectivity index (χ1n) is 13.0. The zero-order chi connectivity index (χ0) is 29.1. The summed E-state index contributed by atoms with van der Waals surface area (Å²) in [5.74, 6) is -0.963. The Kier molecular flexibility index (Phi) is 11.5. The third-order valence-corrected chi connectivity index (χ3v) is 6.31.